The summed E-state index contributed by atoms with van der Waals surface area (Å²) >= 11 is 3.35. The van der Waals surface area contributed by atoms with E-state index in [1.165, 1.54) is 28.6 Å². The molecule has 2 N–H and O–H groups in total. The van der Waals surface area contributed by atoms with Crippen LogP contribution in [0.4, 0.5) is 0 Å². The van der Waals surface area contributed by atoms with Gasteiger partial charge in [0, 0.05) is 28.5 Å². The monoisotopic (exact) mass is 493 g/mol. The summed E-state index contributed by atoms with van der Waals surface area (Å²) in [6.07, 6.45) is 0. The van der Waals surface area contributed by atoms with Gasteiger partial charge in [0.1, 0.15) is 5.58 Å². The first-order valence-electron chi connectivity index (χ1n) is 9.16. The van der Waals surface area contributed by atoms with Crippen LogP contribution in [-0.2, 0) is 10.0 Å². The number of sulfonamides is 1. The van der Waals surface area contributed by atoms with E-state index >= 15 is 0 Å². The van der Waals surface area contributed by atoms with Crippen molar-refractivity contribution < 1.29 is 22.4 Å². The summed E-state index contributed by atoms with van der Waals surface area (Å²) in [6, 6.07) is 12.5. The molecule has 1 heterocycles. The van der Waals surface area contributed by atoms with Crippen molar-refractivity contribution in [1.82, 2.24) is 15.2 Å². The smallest absolute Gasteiger partial charge is 0.305 e. The topological polar surface area (TPSA) is 109 Å². The van der Waals surface area contributed by atoms with Gasteiger partial charge in [0.05, 0.1) is 4.90 Å². The molecule has 0 unspecified atom stereocenters. The zero-order valence-corrected chi connectivity index (χ0v) is 18.7. The largest absolute Gasteiger partial charge is 0.451 e. The highest BCUT2D eigenvalue weighted by Gasteiger charge is 2.22. The number of hydrazine groups is 1. The second-order valence-corrected chi connectivity index (χ2v) is 9.17. The van der Waals surface area contributed by atoms with Gasteiger partial charge >= 0.3 is 5.91 Å². The molecule has 30 heavy (non-hydrogen) atoms. The number of benzene rings is 2. The molecule has 2 amide bonds. The van der Waals surface area contributed by atoms with Crippen molar-refractivity contribution in [2.24, 2.45) is 0 Å². The van der Waals surface area contributed by atoms with E-state index < -0.39 is 21.8 Å². The molecule has 158 valence electrons. The molecular formula is C20H20BrN3O5S. The lowest BCUT2D eigenvalue weighted by Gasteiger charge is -2.18. The molecule has 0 aliphatic carbocycles. The fourth-order valence-corrected chi connectivity index (χ4v) is 4.77. The van der Waals surface area contributed by atoms with Gasteiger partial charge in [0.15, 0.2) is 5.76 Å². The van der Waals surface area contributed by atoms with Gasteiger partial charge in [-0.25, -0.2) is 8.42 Å². The number of carbonyl (C=O) groups is 2. The zero-order chi connectivity index (χ0) is 21.9. The minimum Gasteiger partial charge on any atom is -0.451 e. The Balaban J connectivity index is 1.72. The van der Waals surface area contributed by atoms with Gasteiger partial charge in [-0.2, -0.15) is 4.31 Å². The molecule has 0 spiro atoms. The third kappa shape index (κ3) is 4.55. The summed E-state index contributed by atoms with van der Waals surface area (Å²) in [5, 5.41) is 0.732. The van der Waals surface area contributed by atoms with Gasteiger partial charge in [-0.1, -0.05) is 35.8 Å². The van der Waals surface area contributed by atoms with Crippen molar-refractivity contribution in [3.8, 4) is 0 Å². The molecule has 0 aliphatic heterocycles. The SMILES string of the molecule is CCN(CC)S(=O)(=O)c1cccc(C(=O)NNC(=O)c2cc3cc(Br)ccc3o2)c1. The summed E-state index contributed by atoms with van der Waals surface area (Å²) in [4.78, 5) is 24.7. The summed E-state index contributed by atoms with van der Waals surface area (Å²) in [5.74, 6) is -1.26. The number of nitrogens with zero attached hydrogens (tertiary/aromatic N) is 1. The molecule has 0 bridgehead atoms. The lowest BCUT2D eigenvalue weighted by Crippen LogP contribution is -2.41. The van der Waals surface area contributed by atoms with Crippen LogP contribution in [-0.4, -0.2) is 37.6 Å². The van der Waals surface area contributed by atoms with E-state index in [1.54, 1.807) is 38.1 Å². The Labute approximate surface area is 182 Å². The van der Waals surface area contributed by atoms with E-state index in [0.29, 0.717) is 18.7 Å². The maximum absolute atomic E-state index is 12.6. The second-order valence-electron chi connectivity index (χ2n) is 6.32. The molecule has 0 saturated heterocycles. The van der Waals surface area contributed by atoms with Crippen LogP contribution in [0.5, 0.6) is 0 Å². The summed E-state index contributed by atoms with van der Waals surface area (Å²) in [5.41, 5.74) is 5.17. The lowest BCUT2D eigenvalue weighted by atomic mass is 10.2. The van der Waals surface area contributed by atoms with Crippen molar-refractivity contribution in [2.45, 2.75) is 18.7 Å². The fourth-order valence-electron chi connectivity index (χ4n) is 2.88. The second kappa shape index (κ2) is 8.99. The number of hydrogen-bond donors (Lipinski definition) is 2. The van der Waals surface area contributed by atoms with Gasteiger partial charge in [-0.15, -0.1) is 0 Å². The number of furan rings is 1. The van der Waals surface area contributed by atoms with Crippen LogP contribution in [0, 0.1) is 0 Å². The molecule has 0 aliphatic rings. The van der Waals surface area contributed by atoms with Crippen LogP contribution < -0.4 is 10.9 Å². The normalized spacial score (nSPS) is 11.6. The van der Waals surface area contributed by atoms with E-state index in [9.17, 15) is 18.0 Å². The molecule has 0 radical (unpaired) electrons. The average Bonchev–Trinajstić information content (AvgIpc) is 3.15. The Morgan fingerprint density at radius 3 is 2.40 bits per heavy atom. The molecule has 2 aromatic carbocycles. The Morgan fingerprint density at radius 2 is 1.70 bits per heavy atom. The number of fused-ring (bicyclic) bond motifs is 1. The minimum absolute atomic E-state index is 0.00744. The number of carbonyl (C=O) groups excluding carboxylic acids is 2. The van der Waals surface area contributed by atoms with Crippen molar-refractivity contribution >= 4 is 48.7 Å². The Bertz CT molecular complexity index is 1200. The van der Waals surface area contributed by atoms with Crippen molar-refractivity contribution in [3.63, 3.8) is 0 Å². The Morgan fingerprint density at radius 1 is 1.00 bits per heavy atom. The van der Waals surface area contributed by atoms with Crippen LogP contribution in [0.25, 0.3) is 11.0 Å². The number of rotatable bonds is 6. The van der Waals surface area contributed by atoms with Gasteiger partial charge < -0.3 is 4.42 Å². The number of nitrogens with one attached hydrogen (secondary N) is 2. The average molecular weight is 494 g/mol. The van der Waals surface area contributed by atoms with E-state index in [4.69, 9.17) is 4.42 Å². The molecule has 0 saturated carbocycles. The highest BCUT2D eigenvalue weighted by molar-refractivity contribution is 9.10. The van der Waals surface area contributed by atoms with Crippen LogP contribution in [0.3, 0.4) is 0 Å². The quantitative estimate of drug-likeness (QED) is 0.512. The van der Waals surface area contributed by atoms with Crippen molar-refractivity contribution in [3.05, 3.63) is 64.3 Å². The fraction of sp³-hybridized carbons (Fsp3) is 0.200. The van der Waals surface area contributed by atoms with E-state index in [2.05, 4.69) is 26.8 Å². The third-order valence-electron chi connectivity index (χ3n) is 4.43. The van der Waals surface area contributed by atoms with Gasteiger partial charge in [0.25, 0.3) is 5.91 Å². The number of halogens is 1. The molecule has 3 aromatic rings. The summed E-state index contributed by atoms with van der Waals surface area (Å²) in [7, 11) is -3.70. The van der Waals surface area contributed by atoms with Crippen LogP contribution in [0.1, 0.15) is 34.8 Å². The van der Waals surface area contributed by atoms with Crippen LogP contribution in [0.15, 0.2) is 62.3 Å². The molecule has 8 nitrogen and oxygen atoms in total. The summed E-state index contributed by atoms with van der Waals surface area (Å²) < 4.78 is 32.9. The molecule has 1 aromatic heterocycles. The molecule has 0 fully saturated rings. The van der Waals surface area contributed by atoms with E-state index in [1.807, 2.05) is 0 Å². The van der Waals surface area contributed by atoms with E-state index in [0.717, 1.165) is 9.86 Å². The molecule has 3 rings (SSSR count). The molecule has 10 heteroatoms. The van der Waals surface area contributed by atoms with Gasteiger partial charge in [-0.05, 0) is 42.5 Å². The van der Waals surface area contributed by atoms with Gasteiger partial charge in [-0.3, -0.25) is 20.4 Å². The summed E-state index contributed by atoms with van der Waals surface area (Å²) in [6.45, 7) is 4.12. The first kappa shape index (κ1) is 22.0. The van der Waals surface area contributed by atoms with Crippen molar-refractivity contribution in [2.75, 3.05) is 13.1 Å². The maximum Gasteiger partial charge on any atom is 0.305 e. The van der Waals surface area contributed by atoms with Crippen molar-refractivity contribution in [1.29, 1.82) is 0 Å². The first-order valence-corrected chi connectivity index (χ1v) is 11.4. The van der Waals surface area contributed by atoms with Crippen LogP contribution >= 0.6 is 15.9 Å². The predicted octanol–water partition coefficient (Wildman–Crippen LogP) is 3.30. The van der Waals surface area contributed by atoms with E-state index in [-0.39, 0.29) is 16.2 Å². The molecule has 0 atom stereocenters. The number of amides is 2. The van der Waals surface area contributed by atoms with Crippen LogP contribution in [0.2, 0.25) is 0 Å². The standard InChI is InChI=1S/C20H20BrN3O5S/c1-3-24(4-2)30(27,28)16-7-5-6-13(11-16)19(25)22-23-20(26)18-12-14-10-15(21)8-9-17(14)29-18/h5-12H,3-4H2,1-2H3,(H,22,25)(H,23,26). The third-order valence-corrected chi connectivity index (χ3v) is 6.97. The highest BCUT2D eigenvalue weighted by atomic mass is 79.9. The van der Waals surface area contributed by atoms with Gasteiger partial charge in [0.2, 0.25) is 10.0 Å². The first-order chi connectivity index (χ1) is 14.3. The Kier molecular flexibility index (Phi) is 6.59. The number of hydrogen-bond acceptors (Lipinski definition) is 5. The highest BCUT2D eigenvalue weighted by Crippen LogP contribution is 2.23. The zero-order valence-electron chi connectivity index (χ0n) is 16.3. The predicted molar refractivity (Wildman–Crippen MR) is 115 cm³/mol. The lowest BCUT2D eigenvalue weighted by molar-refractivity contribution is 0.0832. The maximum atomic E-state index is 12.6. The minimum atomic E-state index is -3.70. The molecular weight excluding hydrogens is 474 g/mol. The Hall–Kier alpha value is -2.69.